The molecule has 0 radical (unpaired) electrons. The van der Waals surface area contributed by atoms with Gasteiger partial charge >= 0.3 is 5.97 Å². The van der Waals surface area contributed by atoms with E-state index in [-0.39, 0.29) is 17.2 Å². The van der Waals surface area contributed by atoms with Gasteiger partial charge in [-0.3, -0.25) is 0 Å². The summed E-state index contributed by atoms with van der Waals surface area (Å²) in [6, 6.07) is 8.90. The van der Waals surface area contributed by atoms with E-state index in [1.807, 2.05) is 18.2 Å². The van der Waals surface area contributed by atoms with Crippen molar-refractivity contribution in [2.75, 3.05) is 11.1 Å². The molecule has 2 aromatic heterocycles. The third kappa shape index (κ3) is 2.66. The number of hydrogen-bond acceptors (Lipinski definition) is 5. The summed E-state index contributed by atoms with van der Waals surface area (Å²) < 4.78 is 1.34. The van der Waals surface area contributed by atoms with E-state index in [2.05, 4.69) is 15.4 Å². The maximum Gasteiger partial charge on any atom is 0.339 e. The van der Waals surface area contributed by atoms with E-state index >= 15 is 0 Å². The second kappa shape index (κ2) is 5.53. The number of nitrogens with zero attached hydrogens (tertiary/aromatic N) is 3. The summed E-state index contributed by atoms with van der Waals surface area (Å²) in [6.07, 6.45) is 1.63. The molecule has 22 heavy (non-hydrogen) atoms. The Morgan fingerprint density at radius 2 is 2.18 bits per heavy atom. The Balaban J connectivity index is 1.94. The van der Waals surface area contributed by atoms with E-state index < -0.39 is 5.97 Å². The van der Waals surface area contributed by atoms with Crippen LogP contribution in [0.2, 0.25) is 5.02 Å². The lowest BCUT2D eigenvalue weighted by molar-refractivity contribution is 0.0698. The molecule has 0 aliphatic rings. The predicted molar refractivity (Wildman–Crippen MR) is 83.1 cm³/mol. The van der Waals surface area contributed by atoms with Crippen molar-refractivity contribution in [1.29, 1.82) is 0 Å². The van der Waals surface area contributed by atoms with Crippen LogP contribution in [0.1, 0.15) is 15.9 Å². The van der Waals surface area contributed by atoms with Gasteiger partial charge in [-0.15, -0.1) is 5.10 Å². The fraction of sp³-hybridized carbons (Fsp3) is 0.0714. The zero-order chi connectivity index (χ0) is 15.7. The van der Waals surface area contributed by atoms with Crippen LogP contribution in [0.25, 0.3) is 5.65 Å². The number of anilines is 2. The maximum atomic E-state index is 11.3. The molecule has 0 atom stereocenters. The SMILES string of the molecule is Nc1nc2c(C(=O)O)cc(NCc3ccccc3Cl)cn2n1. The van der Waals surface area contributed by atoms with Gasteiger partial charge in [-0.25, -0.2) is 9.31 Å². The highest BCUT2D eigenvalue weighted by molar-refractivity contribution is 6.31. The van der Waals surface area contributed by atoms with Crippen molar-refractivity contribution in [2.45, 2.75) is 6.54 Å². The van der Waals surface area contributed by atoms with Crippen LogP contribution in [-0.2, 0) is 6.54 Å². The summed E-state index contributed by atoms with van der Waals surface area (Å²) in [7, 11) is 0. The number of rotatable bonds is 4. The van der Waals surface area contributed by atoms with Crippen LogP contribution >= 0.6 is 11.6 Å². The normalized spacial score (nSPS) is 10.8. The van der Waals surface area contributed by atoms with Gasteiger partial charge in [0.1, 0.15) is 5.56 Å². The molecule has 3 aromatic rings. The number of nitrogen functional groups attached to an aromatic ring is 1. The van der Waals surface area contributed by atoms with Crippen molar-refractivity contribution in [2.24, 2.45) is 0 Å². The van der Waals surface area contributed by atoms with E-state index in [1.54, 1.807) is 12.3 Å². The van der Waals surface area contributed by atoms with Crippen LogP contribution in [0.3, 0.4) is 0 Å². The second-order valence-electron chi connectivity index (χ2n) is 4.63. The zero-order valence-electron chi connectivity index (χ0n) is 11.3. The van der Waals surface area contributed by atoms with Gasteiger partial charge < -0.3 is 16.2 Å². The lowest BCUT2D eigenvalue weighted by atomic mass is 10.2. The monoisotopic (exact) mass is 317 g/mol. The molecular weight excluding hydrogens is 306 g/mol. The molecule has 8 heteroatoms. The molecule has 0 saturated heterocycles. The summed E-state index contributed by atoms with van der Waals surface area (Å²) in [4.78, 5) is 15.2. The summed E-state index contributed by atoms with van der Waals surface area (Å²) >= 11 is 6.09. The van der Waals surface area contributed by atoms with Crippen LogP contribution in [0.5, 0.6) is 0 Å². The van der Waals surface area contributed by atoms with E-state index in [0.29, 0.717) is 17.3 Å². The van der Waals surface area contributed by atoms with Gasteiger partial charge in [0.15, 0.2) is 5.65 Å². The first-order chi connectivity index (χ1) is 10.5. The van der Waals surface area contributed by atoms with Crippen molar-refractivity contribution in [1.82, 2.24) is 14.6 Å². The molecule has 1 aromatic carbocycles. The van der Waals surface area contributed by atoms with Crippen molar-refractivity contribution in [3.63, 3.8) is 0 Å². The fourth-order valence-electron chi connectivity index (χ4n) is 2.10. The molecule has 0 unspecified atom stereocenters. The van der Waals surface area contributed by atoms with Crippen LogP contribution in [-0.4, -0.2) is 25.7 Å². The zero-order valence-corrected chi connectivity index (χ0v) is 12.1. The van der Waals surface area contributed by atoms with Crippen molar-refractivity contribution in [3.8, 4) is 0 Å². The molecule has 112 valence electrons. The Morgan fingerprint density at radius 3 is 2.91 bits per heavy atom. The Labute approximate surface area is 130 Å². The Hall–Kier alpha value is -2.80. The number of carboxylic acid groups (broad SMARTS) is 1. The standard InChI is InChI=1S/C14H12ClN5O2/c15-11-4-2-1-3-8(11)6-17-9-5-10(13(21)22)12-18-14(16)19-20(12)7-9/h1-5,7,17H,6H2,(H2,16,19)(H,21,22). The Kier molecular flexibility index (Phi) is 3.56. The van der Waals surface area contributed by atoms with Gasteiger partial charge in [0.25, 0.3) is 0 Å². The molecule has 3 rings (SSSR count). The van der Waals surface area contributed by atoms with Gasteiger partial charge in [0, 0.05) is 11.6 Å². The molecule has 0 aliphatic carbocycles. The molecular formula is C14H12ClN5O2. The lowest BCUT2D eigenvalue weighted by Crippen LogP contribution is -2.06. The first-order valence-corrected chi connectivity index (χ1v) is 6.79. The highest BCUT2D eigenvalue weighted by Crippen LogP contribution is 2.20. The fourth-order valence-corrected chi connectivity index (χ4v) is 2.30. The average molecular weight is 318 g/mol. The highest BCUT2D eigenvalue weighted by atomic mass is 35.5. The number of hydrogen-bond donors (Lipinski definition) is 3. The number of pyridine rings is 1. The van der Waals surface area contributed by atoms with Crippen LogP contribution in [0.4, 0.5) is 11.6 Å². The number of nitrogens with one attached hydrogen (secondary N) is 1. The molecule has 4 N–H and O–H groups in total. The van der Waals surface area contributed by atoms with E-state index in [9.17, 15) is 9.90 Å². The van der Waals surface area contributed by atoms with Gasteiger partial charge in [0.05, 0.1) is 11.9 Å². The third-order valence-corrected chi connectivity index (χ3v) is 3.49. The van der Waals surface area contributed by atoms with Gasteiger partial charge in [0.2, 0.25) is 5.95 Å². The van der Waals surface area contributed by atoms with Gasteiger partial charge in [-0.05, 0) is 17.7 Å². The minimum absolute atomic E-state index is 0.0192. The average Bonchev–Trinajstić information content (AvgIpc) is 2.85. The number of carbonyl (C=O) groups is 1. The van der Waals surface area contributed by atoms with Crippen molar-refractivity contribution >= 4 is 34.9 Å². The first kappa shape index (κ1) is 14.2. The molecule has 2 heterocycles. The molecule has 0 saturated carbocycles. The van der Waals surface area contributed by atoms with E-state index in [4.69, 9.17) is 17.3 Å². The van der Waals surface area contributed by atoms with Crippen LogP contribution in [0.15, 0.2) is 36.5 Å². The number of fused-ring (bicyclic) bond motifs is 1. The molecule has 0 aliphatic heterocycles. The minimum Gasteiger partial charge on any atom is -0.478 e. The summed E-state index contributed by atoms with van der Waals surface area (Å²) in [5.74, 6) is -1.08. The van der Waals surface area contributed by atoms with Crippen LogP contribution in [0, 0.1) is 0 Å². The topological polar surface area (TPSA) is 106 Å². The number of aromatic nitrogens is 3. The van der Waals surface area contributed by atoms with E-state index in [1.165, 1.54) is 10.6 Å². The smallest absolute Gasteiger partial charge is 0.339 e. The number of benzene rings is 1. The number of carboxylic acids is 1. The Morgan fingerprint density at radius 1 is 1.41 bits per heavy atom. The number of aromatic carboxylic acids is 1. The number of halogens is 1. The summed E-state index contributed by atoms with van der Waals surface area (Å²) in [5, 5.41) is 17.0. The molecule has 0 bridgehead atoms. The highest BCUT2D eigenvalue weighted by Gasteiger charge is 2.14. The molecule has 0 spiro atoms. The Bertz CT molecular complexity index is 862. The largest absolute Gasteiger partial charge is 0.478 e. The number of nitrogens with two attached hydrogens (primary N) is 1. The summed E-state index contributed by atoms with van der Waals surface area (Å²) in [5.41, 5.74) is 7.22. The van der Waals surface area contributed by atoms with E-state index in [0.717, 1.165) is 5.56 Å². The first-order valence-electron chi connectivity index (χ1n) is 6.41. The maximum absolute atomic E-state index is 11.3. The summed E-state index contributed by atoms with van der Waals surface area (Å²) in [6.45, 7) is 0.453. The minimum atomic E-state index is -1.10. The lowest BCUT2D eigenvalue weighted by Gasteiger charge is -2.09. The predicted octanol–water partition coefficient (Wildman–Crippen LogP) is 2.28. The third-order valence-electron chi connectivity index (χ3n) is 3.12. The van der Waals surface area contributed by atoms with Crippen molar-refractivity contribution in [3.05, 3.63) is 52.7 Å². The van der Waals surface area contributed by atoms with Gasteiger partial charge in [-0.1, -0.05) is 29.8 Å². The van der Waals surface area contributed by atoms with Gasteiger partial charge in [-0.2, -0.15) is 4.98 Å². The second-order valence-corrected chi connectivity index (χ2v) is 5.04. The molecule has 0 amide bonds. The molecule has 7 nitrogen and oxygen atoms in total. The van der Waals surface area contributed by atoms with Crippen LogP contribution < -0.4 is 11.1 Å². The molecule has 0 fully saturated rings. The van der Waals surface area contributed by atoms with Crippen molar-refractivity contribution < 1.29 is 9.90 Å². The quantitative estimate of drug-likeness (QED) is 0.681.